The molecule has 0 N–H and O–H groups in total. The first kappa shape index (κ1) is 12.0. The highest BCUT2D eigenvalue weighted by Gasteiger charge is 2.41. The monoisotopic (exact) mass is 262 g/mol. The van der Waals surface area contributed by atoms with E-state index in [4.69, 9.17) is 4.18 Å². The number of hydrogen-bond acceptors (Lipinski definition) is 7. The Hall–Kier alpha value is 0.920. The van der Waals surface area contributed by atoms with Gasteiger partial charge < -0.3 is 0 Å². The molecule has 0 aromatic rings. The summed E-state index contributed by atoms with van der Waals surface area (Å²) in [5.74, 6) is 1.79. The van der Waals surface area contributed by atoms with E-state index in [1.807, 2.05) is 6.26 Å². The summed E-state index contributed by atoms with van der Waals surface area (Å²) in [7, 11) is -2.75. The quantitative estimate of drug-likeness (QED) is 0.709. The molecule has 0 bridgehead atoms. The van der Waals surface area contributed by atoms with Crippen molar-refractivity contribution in [1.29, 1.82) is 0 Å². The van der Waals surface area contributed by atoms with Gasteiger partial charge in [-0.3, -0.25) is 4.18 Å². The van der Waals surface area contributed by atoms with E-state index in [1.165, 1.54) is 35.3 Å². The molecule has 0 aromatic heterocycles. The van der Waals surface area contributed by atoms with E-state index in [1.54, 1.807) is 0 Å². The molecule has 0 atom stereocenters. The summed E-state index contributed by atoms with van der Waals surface area (Å²) < 4.78 is 30.5. The Balaban J connectivity index is 2.69. The van der Waals surface area contributed by atoms with Gasteiger partial charge in [-0.25, -0.2) is 4.18 Å². The highest BCUT2D eigenvalue weighted by Crippen LogP contribution is 2.52. The van der Waals surface area contributed by atoms with Gasteiger partial charge in [0.2, 0.25) is 3.60 Å². The van der Waals surface area contributed by atoms with Gasteiger partial charge in [-0.15, -0.1) is 35.3 Å². The predicted octanol–water partition coefficient (Wildman–Crippen LogP) is 1.35. The van der Waals surface area contributed by atoms with Crippen molar-refractivity contribution in [2.24, 2.45) is 0 Å². The lowest BCUT2D eigenvalue weighted by Crippen LogP contribution is -2.22. The van der Waals surface area contributed by atoms with Crippen LogP contribution in [0, 0.1) is 0 Å². The van der Waals surface area contributed by atoms with Crippen LogP contribution in [-0.2, 0) is 18.8 Å². The van der Waals surface area contributed by atoms with Crippen LogP contribution in [0.1, 0.15) is 0 Å². The average molecular weight is 262 g/mol. The second kappa shape index (κ2) is 4.63. The molecular formula is C5H10O4S4. The van der Waals surface area contributed by atoms with Crippen molar-refractivity contribution in [2.45, 2.75) is 3.60 Å². The van der Waals surface area contributed by atoms with Gasteiger partial charge in [-0.2, -0.15) is 8.42 Å². The molecule has 1 aliphatic heterocycles. The number of rotatable bonds is 4. The molecular weight excluding hydrogens is 252 g/mol. The lowest BCUT2D eigenvalue weighted by atomic mass is 11.0. The molecule has 0 saturated carbocycles. The van der Waals surface area contributed by atoms with Crippen molar-refractivity contribution < 1.29 is 16.8 Å². The SMILES string of the molecule is COS(=O)(=O)OC1(SC)SCCS1. The van der Waals surface area contributed by atoms with Crippen molar-refractivity contribution >= 4 is 45.7 Å². The van der Waals surface area contributed by atoms with E-state index >= 15 is 0 Å². The van der Waals surface area contributed by atoms with Crippen LogP contribution in [0.15, 0.2) is 0 Å². The fraction of sp³-hybridized carbons (Fsp3) is 1.00. The molecule has 1 aliphatic rings. The molecule has 0 radical (unpaired) electrons. The Bertz CT molecular complexity index is 256. The van der Waals surface area contributed by atoms with E-state index < -0.39 is 14.0 Å². The van der Waals surface area contributed by atoms with Crippen LogP contribution in [0.3, 0.4) is 0 Å². The summed E-state index contributed by atoms with van der Waals surface area (Å²) in [5, 5.41) is 0. The Morgan fingerprint density at radius 1 is 1.38 bits per heavy atom. The minimum atomic E-state index is -3.84. The third-order valence-electron chi connectivity index (χ3n) is 1.30. The normalized spacial score (nSPS) is 22.0. The van der Waals surface area contributed by atoms with Crippen LogP contribution in [0.4, 0.5) is 0 Å². The number of thioether (sulfide) groups is 3. The molecule has 1 saturated heterocycles. The summed E-state index contributed by atoms with van der Waals surface area (Å²) in [6, 6.07) is 0. The first-order chi connectivity index (χ1) is 6.04. The molecule has 13 heavy (non-hydrogen) atoms. The molecule has 78 valence electrons. The van der Waals surface area contributed by atoms with Crippen molar-refractivity contribution in [3.8, 4) is 0 Å². The van der Waals surface area contributed by atoms with Crippen LogP contribution in [0.25, 0.3) is 0 Å². The van der Waals surface area contributed by atoms with Crippen molar-refractivity contribution in [3.63, 3.8) is 0 Å². The van der Waals surface area contributed by atoms with Gasteiger partial charge in [0.25, 0.3) is 0 Å². The fourth-order valence-electron chi connectivity index (χ4n) is 0.734. The maximum absolute atomic E-state index is 11.0. The third-order valence-corrected chi connectivity index (χ3v) is 7.42. The van der Waals surface area contributed by atoms with E-state index in [-0.39, 0.29) is 0 Å². The zero-order valence-electron chi connectivity index (χ0n) is 7.18. The molecule has 0 aromatic carbocycles. The molecule has 1 rings (SSSR count). The van der Waals surface area contributed by atoms with Crippen LogP contribution in [0.2, 0.25) is 0 Å². The molecule has 1 heterocycles. The smallest absolute Gasteiger partial charge is 0.251 e. The summed E-state index contributed by atoms with van der Waals surface area (Å²) in [5.41, 5.74) is 0. The molecule has 8 heteroatoms. The maximum Gasteiger partial charge on any atom is 0.402 e. The van der Waals surface area contributed by atoms with Crippen LogP contribution in [-0.4, -0.2) is 36.9 Å². The van der Waals surface area contributed by atoms with E-state index in [2.05, 4.69) is 4.18 Å². The van der Waals surface area contributed by atoms with Crippen LogP contribution in [0.5, 0.6) is 0 Å². The molecule has 0 amide bonds. The zero-order valence-corrected chi connectivity index (χ0v) is 10.4. The lowest BCUT2D eigenvalue weighted by molar-refractivity contribution is 0.254. The molecule has 4 nitrogen and oxygen atoms in total. The fourth-order valence-corrected chi connectivity index (χ4v) is 5.90. The average Bonchev–Trinajstić information content (AvgIpc) is 2.53. The molecule has 0 unspecified atom stereocenters. The van der Waals surface area contributed by atoms with Crippen LogP contribution >= 0.6 is 35.3 Å². The van der Waals surface area contributed by atoms with Gasteiger partial charge >= 0.3 is 10.4 Å². The molecule has 0 spiro atoms. The topological polar surface area (TPSA) is 52.6 Å². The predicted molar refractivity (Wildman–Crippen MR) is 58.2 cm³/mol. The van der Waals surface area contributed by atoms with Gasteiger partial charge in [0.15, 0.2) is 0 Å². The van der Waals surface area contributed by atoms with Gasteiger partial charge in [-0.05, 0) is 6.26 Å². The number of hydrogen-bond donors (Lipinski definition) is 0. The summed E-state index contributed by atoms with van der Waals surface area (Å²) in [6.07, 6.45) is 1.82. The van der Waals surface area contributed by atoms with Gasteiger partial charge in [-0.1, -0.05) is 0 Å². The summed E-state index contributed by atoms with van der Waals surface area (Å²) in [4.78, 5) is 0. The standard InChI is InChI=1S/C5H10O4S4/c1-8-13(6,7)9-5(10-2)11-3-4-12-5/h3-4H2,1-2H3. The highest BCUT2D eigenvalue weighted by atomic mass is 32.3. The van der Waals surface area contributed by atoms with E-state index in [9.17, 15) is 8.42 Å². The highest BCUT2D eigenvalue weighted by molar-refractivity contribution is 8.35. The Morgan fingerprint density at radius 2 is 1.92 bits per heavy atom. The lowest BCUT2D eigenvalue weighted by Gasteiger charge is -2.22. The second-order valence-electron chi connectivity index (χ2n) is 2.06. The summed E-state index contributed by atoms with van der Waals surface area (Å²) in [6.45, 7) is 0. The van der Waals surface area contributed by atoms with Crippen LogP contribution < -0.4 is 0 Å². The summed E-state index contributed by atoms with van der Waals surface area (Å²) >= 11 is 4.32. The first-order valence-electron chi connectivity index (χ1n) is 3.38. The second-order valence-corrected chi connectivity index (χ2v) is 7.68. The van der Waals surface area contributed by atoms with E-state index in [0.29, 0.717) is 0 Å². The van der Waals surface area contributed by atoms with Gasteiger partial charge in [0.1, 0.15) is 0 Å². The molecule has 0 aliphatic carbocycles. The Labute approximate surface area is 90.8 Å². The zero-order chi connectivity index (χ0) is 9.95. The van der Waals surface area contributed by atoms with Crippen molar-refractivity contribution in [2.75, 3.05) is 24.9 Å². The first-order valence-corrected chi connectivity index (χ1v) is 7.91. The maximum atomic E-state index is 11.0. The molecule has 1 fully saturated rings. The minimum Gasteiger partial charge on any atom is -0.251 e. The van der Waals surface area contributed by atoms with E-state index in [0.717, 1.165) is 18.6 Å². The largest absolute Gasteiger partial charge is 0.402 e. The van der Waals surface area contributed by atoms with Crippen molar-refractivity contribution in [1.82, 2.24) is 0 Å². The van der Waals surface area contributed by atoms with Gasteiger partial charge in [0.05, 0.1) is 7.11 Å². The Morgan fingerprint density at radius 3 is 2.31 bits per heavy atom. The Kier molecular flexibility index (Phi) is 4.27. The third kappa shape index (κ3) is 3.21. The minimum absolute atomic E-state index is 0.741. The van der Waals surface area contributed by atoms with Gasteiger partial charge in [0, 0.05) is 11.5 Å². The van der Waals surface area contributed by atoms with Crippen molar-refractivity contribution in [3.05, 3.63) is 0 Å².